The highest BCUT2D eigenvalue weighted by Crippen LogP contribution is 2.34. The van der Waals surface area contributed by atoms with E-state index in [0.717, 1.165) is 24.4 Å². The lowest BCUT2D eigenvalue weighted by molar-refractivity contribution is -0.114. The van der Waals surface area contributed by atoms with Crippen LogP contribution in [-0.2, 0) is 11.2 Å². The van der Waals surface area contributed by atoms with Gasteiger partial charge >= 0.3 is 0 Å². The Hall–Kier alpha value is -2.68. The molecule has 0 aliphatic carbocycles. The molecule has 2 heterocycles. The molecule has 1 aromatic carbocycles. The Bertz CT molecular complexity index is 891. The number of nitrogens with zero attached hydrogens (tertiary/aromatic N) is 5. The van der Waals surface area contributed by atoms with Crippen LogP contribution in [0.15, 0.2) is 40.3 Å². The molecule has 0 saturated carbocycles. The Morgan fingerprint density at radius 2 is 2.27 bits per heavy atom. The fourth-order valence-electron chi connectivity index (χ4n) is 2.38. The van der Waals surface area contributed by atoms with Gasteiger partial charge in [0.2, 0.25) is 11.8 Å². The molecule has 1 amide bonds. The lowest BCUT2D eigenvalue weighted by Gasteiger charge is -2.10. The molecular formula is C17H20N6O2S. The number of thioether (sulfide) groups is 1. The maximum Gasteiger partial charge on any atom is 0.239 e. The van der Waals surface area contributed by atoms with Gasteiger partial charge in [0.1, 0.15) is 6.33 Å². The van der Waals surface area contributed by atoms with Crippen molar-refractivity contribution < 1.29 is 9.32 Å². The lowest BCUT2D eigenvalue weighted by Crippen LogP contribution is -2.06. The number of hydrogen-bond donors (Lipinski definition) is 1. The number of anilines is 1. The summed E-state index contributed by atoms with van der Waals surface area (Å²) in [4.78, 5) is 15.7. The molecule has 1 atom stereocenters. The Kier molecular flexibility index (Phi) is 5.67. The van der Waals surface area contributed by atoms with Gasteiger partial charge in [-0.25, -0.2) is 0 Å². The zero-order chi connectivity index (χ0) is 18.5. The van der Waals surface area contributed by atoms with Crippen molar-refractivity contribution in [2.45, 2.75) is 44.0 Å². The van der Waals surface area contributed by atoms with E-state index < -0.39 is 0 Å². The summed E-state index contributed by atoms with van der Waals surface area (Å²) in [7, 11) is 0. The van der Waals surface area contributed by atoms with Gasteiger partial charge in [-0.1, -0.05) is 29.9 Å². The monoisotopic (exact) mass is 372 g/mol. The number of hydrogen-bond acceptors (Lipinski definition) is 7. The van der Waals surface area contributed by atoms with Crippen molar-refractivity contribution in [3.05, 3.63) is 42.3 Å². The van der Waals surface area contributed by atoms with Crippen molar-refractivity contribution in [1.29, 1.82) is 0 Å². The van der Waals surface area contributed by atoms with Crippen LogP contribution in [0, 0.1) is 0 Å². The van der Waals surface area contributed by atoms with Crippen LogP contribution in [0.5, 0.6) is 0 Å². The molecule has 0 radical (unpaired) electrons. The van der Waals surface area contributed by atoms with E-state index in [9.17, 15) is 4.79 Å². The minimum absolute atomic E-state index is 0.0606. The first kappa shape index (κ1) is 18.1. The van der Waals surface area contributed by atoms with E-state index >= 15 is 0 Å². The third kappa shape index (κ3) is 4.29. The van der Waals surface area contributed by atoms with Gasteiger partial charge in [0, 0.05) is 19.0 Å². The molecule has 2 aromatic heterocycles. The predicted molar refractivity (Wildman–Crippen MR) is 98.2 cm³/mol. The maximum atomic E-state index is 11.3. The summed E-state index contributed by atoms with van der Waals surface area (Å²) in [5.74, 6) is 1.17. The van der Waals surface area contributed by atoms with Crippen LogP contribution >= 0.6 is 11.8 Å². The van der Waals surface area contributed by atoms with Crippen molar-refractivity contribution in [3.63, 3.8) is 0 Å². The van der Waals surface area contributed by atoms with Gasteiger partial charge < -0.3 is 9.84 Å². The first-order valence-corrected chi connectivity index (χ1v) is 9.22. The average Bonchev–Trinajstić information content (AvgIpc) is 3.24. The van der Waals surface area contributed by atoms with Gasteiger partial charge in [-0.2, -0.15) is 4.98 Å². The molecule has 1 N–H and O–H groups in total. The Morgan fingerprint density at radius 3 is 3.04 bits per heavy atom. The predicted octanol–water partition coefficient (Wildman–Crippen LogP) is 3.41. The highest BCUT2D eigenvalue weighted by Gasteiger charge is 2.19. The summed E-state index contributed by atoms with van der Waals surface area (Å²) in [5.41, 5.74) is 1.57. The summed E-state index contributed by atoms with van der Waals surface area (Å²) in [6.45, 7) is 5.54. The summed E-state index contributed by atoms with van der Waals surface area (Å²) in [6.07, 6.45) is 3.41. The molecule has 3 rings (SSSR count). The summed E-state index contributed by atoms with van der Waals surface area (Å²) in [5, 5.41) is 15.6. The van der Waals surface area contributed by atoms with Crippen LogP contribution in [0.3, 0.4) is 0 Å². The van der Waals surface area contributed by atoms with Gasteiger partial charge in [-0.3, -0.25) is 9.36 Å². The molecule has 9 heteroatoms. The molecule has 0 spiro atoms. The quantitative estimate of drug-likeness (QED) is 0.634. The second-order valence-electron chi connectivity index (χ2n) is 5.77. The normalized spacial score (nSPS) is 12.1. The number of nitrogens with one attached hydrogen (secondary N) is 1. The fourth-order valence-corrected chi connectivity index (χ4v) is 3.26. The zero-order valence-corrected chi connectivity index (χ0v) is 15.7. The van der Waals surface area contributed by atoms with Gasteiger partial charge in [-0.05, 0) is 31.5 Å². The SMILES string of the molecule is CCCc1noc(C(C)Sc2nncn2-c2cccc(NC(C)=O)c2)n1. The van der Waals surface area contributed by atoms with Crippen LogP contribution in [0.4, 0.5) is 5.69 Å². The minimum atomic E-state index is -0.117. The van der Waals surface area contributed by atoms with E-state index in [1.807, 2.05) is 35.8 Å². The Balaban J connectivity index is 1.78. The smallest absolute Gasteiger partial charge is 0.239 e. The largest absolute Gasteiger partial charge is 0.338 e. The number of rotatable bonds is 7. The highest BCUT2D eigenvalue weighted by molar-refractivity contribution is 7.99. The first-order valence-electron chi connectivity index (χ1n) is 8.34. The Morgan fingerprint density at radius 1 is 1.42 bits per heavy atom. The molecule has 0 bridgehead atoms. The topological polar surface area (TPSA) is 98.7 Å². The summed E-state index contributed by atoms with van der Waals surface area (Å²) >= 11 is 1.48. The van der Waals surface area contributed by atoms with E-state index in [4.69, 9.17) is 4.52 Å². The third-order valence-electron chi connectivity index (χ3n) is 3.55. The first-order chi connectivity index (χ1) is 12.6. The van der Waals surface area contributed by atoms with Crippen molar-refractivity contribution in [2.75, 3.05) is 5.32 Å². The molecule has 8 nitrogen and oxygen atoms in total. The number of carbonyl (C=O) groups is 1. The molecular weight excluding hydrogens is 352 g/mol. The van der Waals surface area contributed by atoms with Crippen molar-refractivity contribution >= 4 is 23.4 Å². The molecule has 1 unspecified atom stereocenters. The lowest BCUT2D eigenvalue weighted by atomic mass is 10.2. The summed E-state index contributed by atoms with van der Waals surface area (Å²) in [6, 6.07) is 7.49. The second-order valence-corrected chi connectivity index (χ2v) is 7.08. The molecule has 0 aliphatic rings. The number of benzene rings is 1. The van der Waals surface area contributed by atoms with Gasteiger partial charge in [0.25, 0.3) is 0 Å². The van der Waals surface area contributed by atoms with Crippen LogP contribution in [0.25, 0.3) is 5.69 Å². The van der Waals surface area contributed by atoms with Gasteiger partial charge in [0.05, 0.1) is 10.9 Å². The van der Waals surface area contributed by atoms with E-state index in [-0.39, 0.29) is 11.2 Å². The number of carbonyl (C=O) groups excluding carboxylic acids is 1. The molecule has 0 saturated heterocycles. The van der Waals surface area contributed by atoms with E-state index in [2.05, 4.69) is 32.6 Å². The molecule has 3 aromatic rings. The standard InChI is InChI=1S/C17H20N6O2S/c1-4-6-15-20-16(25-22-15)11(2)26-17-21-18-10-23(17)14-8-5-7-13(9-14)19-12(3)24/h5,7-11H,4,6H2,1-3H3,(H,19,24). The molecule has 136 valence electrons. The minimum Gasteiger partial charge on any atom is -0.338 e. The second kappa shape index (κ2) is 8.13. The van der Waals surface area contributed by atoms with E-state index in [1.54, 1.807) is 6.33 Å². The number of amides is 1. The van der Waals surface area contributed by atoms with Gasteiger partial charge in [-0.15, -0.1) is 10.2 Å². The summed E-state index contributed by atoms with van der Waals surface area (Å²) < 4.78 is 7.21. The van der Waals surface area contributed by atoms with Crippen LogP contribution in [0.1, 0.15) is 44.2 Å². The molecule has 26 heavy (non-hydrogen) atoms. The van der Waals surface area contributed by atoms with Crippen LogP contribution < -0.4 is 5.32 Å². The van der Waals surface area contributed by atoms with Crippen molar-refractivity contribution in [1.82, 2.24) is 24.9 Å². The van der Waals surface area contributed by atoms with E-state index in [1.165, 1.54) is 18.7 Å². The van der Waals surface area contributed by atoms with Gasteiger partial charge in [0.15, 0.2) is 11.0 Å². The fraction of sp³-hybridized carbons (Fsp3) is 0.353. The number of aromatic nitrogens is 5. The zero-order valence-electron chi connectivity index (χ0n) is 14.8. The Labute approximate surface area is 155 Å². The third-order valence-corrected chi connectivity index (χ3v) is 4.59. The maximum absolute atomic E-state index is 11.3. The number of aryl methyl sites for hydroxylation is 1. The average molecular weight is 372 g/mol. The molecule has 0 aliphatic heterocycles. The van der Waals surface area contributed by atoms with Crippen LogP contribution in [-0.4, -0.2) is 30.8 Å². The van der Waals surface area contributed by atoms with Crippen molar-refractivity contribution in [2.24, 2.45) is 0 Å². The highest BCUT2D eigenvalue weighted by atomic mass is 32.2. The van der Waals surface area contributed by atoms with E-state index in [0.29, 0.717) is 16.7 Å². The van der Waals surface area contributed by atoms with Crippen molar-refractivity contribution in [3.8, 4) is 5.69 Å². The van der Waals surface area contributed by atoms with Crippen LogP contribution in [0.2, 0.25) is 0 Å². The molecule has 0 fully saturated rings.